The number of nitrogens with zero attached hydrogens (tertiary/aromatic N) is 4. The van der Waals surface area contributed by atoms with Crippen molar-refractivity contribution >= 4 is 5.91 Å². The molecule has 2 heterocycles. The number of carbonyl (C=O) groups is 1. The number of hydrogen-bond donors (Lipinski definition) is 1. The smallest absolute Gasteiger partial charge is 0.220 e. The summed E-state index contributed by atoms with van der Waals surface area (Å²) in [5.74, 6) is 0.885. The molecule has 6 nitrogen and oxygen atoms in total. The summed E-state index contributed by atoms with van der Waals surface area (Å²) in [5.41, 5.74) is 0. The Morgan fingerprint density at radius 1 is 1.33 bits per heavy atom. The molecule has 0 unspecified atom stereocenters. The van der Waals surface area contributed by atoms with E-state index in [-0.39, 0.29) is 11.9 Å². The lowest BCUT2D eigenvalue weighted by Gasteiger charge is -2.19. The van der Waals surface area contributed by atoms with Crippen LogP contribution in [0.4, 0.5) is 0 Å². The van der Waals surface area contributed by atoms with E-state index in [0.717, 1.165) is 18.8 Å². The van der Waals surface area contributed by atoms with Crippen LogP contribution >= 0.6 is 0 Å². The molecule has 0 aromatic carbocycles. The molecule has 1 atom stereocenters. The molecule has 118 valence electrons. The molecule has 1 saturated heterocycles. The fraction of sp³-hybridized carbons (Fsp3) is 0.800. The van der Waals surface area contributed by atoms with E-state index < -0.39 is 0 Å². The van der Waals surface area contributed by atoms with E-state index >= 15 is 0 Å². The van der Waals surface area contributed by atoms with Gasteiger partial charge in [0, 0.05) is 13.5 Å². The van der Waals surface area contributed by atoms with Gasteiger partial charge >= 0.3 is 0 Å². The molecule has 1 aromatic rings. The van der Waals surface area contributed by atoms with Crippen LogP contribution in [0.5, 0.6) is 0 Å². The van der Waals surface area contributed by atoms with Crippen LogP contribution in [0.25, 0.3) is 0 Å². The van der Waals surface area contributed by atoms with Crippen LogP contribution in [0, 0.1) is 0 Å². The van der Waals surface area contributed by atoms with Gasteiger partial charge in [0.1, 0.15) is 12.2 Å². The number of carbonyl (C=O) groups excluding carboxylic acids is 1. The Kier molecular flexibility index (Phi) is 6.17. The average Bonchev–Trinajstić information content (AvgIpc) is 2.72. The van der Waals surface area contributed by atoms with Crippen LogP contribution in [0.1, 0.15) is 57.3 Å². The summed E-state index contributed by atoms with van der Waals surface area (Å²) in [6, 6.07) is -0.0943. The molecule has 1 aliphatic rings. The van der Waals surface area contributed by atoms with Gasteiger partial charge in [-0.15, -0.1) is 0 Å². The Balaban J connectivity index is 1.66. The summed E-state index contributed by atoms with van der Waals surface area (Å²) < 4.78 is 1.70. The van der Waals surface area contributed by atoms with Crippen LogP contribution in [0.15, 0.2) is 6.33 Å². The van der Waals surface area contributed by atoms with Crippen molar-refractivity contribution in [3.63, 3.8) is 0 Å². The molecule has 0 radical (unpaired) electrons. The van der Waals surface area contributed by atoms with Crippen LogP contribution < -0.4 is 5.32 Å². The molecule has 6 heteroatoms. The summed E-state index contributed by atoms with van der Waals surface area (Å²) in [6.45, 7) is 5.36. The minimum absolute atomic E-state index is 0.0943. The monoisotopic (exact) mass is 293 g/mol. The summed E-state index contributed by atoms with van der Waals surface area (Å²) >= 11 is 0. The van der Waals surface area contributed by atoms with Crippen molar-refractivity contribution < 1.29 is 4.79 Å². The molecule has 1 aliphatic heterocycles. The van der Waals surface area contributed by atoms with Gasteiger partial charge in [-0.2, -0.15) is 5.10 Å². The van der Waals surface area contributed by atoms with Gasteiger partial charge in [0.25, 0.3) is 0 Å². The Morgan fingerprint density at radius 3 is 2.67 bits per heavy atom. The van der Waals surface area contributed by atoms with Crippen LogP contribution in [-0.2, 0) is 11.8 Å². The highest BCUT2D eigenvalue weighted by molar-refractivity contribution is 5.76. The topological polar surface area (TPSA) is 63.1 Å². The van der Waals surface area contributed by atoms with Gasteiger partial charge in [0.05, 0.1) is 6.04 Å². The first kappa shape index (κ1) is 15.9. The number of aryl methyl sites for hydroxylation is 1. The second-order valence-electron chi connectivity index (χ2n) is 5.89. The van der Waals surface area contributed by atoms with E-state index in [1.165, 1.54) is 45.1 Å². The number of nitrogens with one attached hydrogen (secondary N) is 1. The molecule has 0 aliphatic carbocycles. The minimum Gasteiger partial charge on any atom is -0.346 e. The van der Waals surface area contributed by atoms with Gasteiger partial charge in [-0.25, -0.2) is 4.98 Å². The molecule has 1 N–H and O–H groups in total. The maximum atomic E-state index is 12.0. The molecule has 0 spiro atoms. The molecule has 0 saturated carbocycles. The third kappa shape index (κ3) is 5.12. The Hall–Kier alpha value is -1.43. The second kappa shape index (κ2) is 8.12. The van der Waals surface area contributed by atoms with E-state index in [1.54, 1.807) is 4.68 Å². The summed E-state index contributed by atoms with van der Waals surface area (Å²) in [6.07, 6.45) is 8.33. The van der Waals surface area contributed by atoms with Crippen LogP contribution in [0.2, 0.25) is 0 Å². The van der Waals surface area contributed by atoms with Crippen molar-refractivity contribution in [1.82, 2.24) is 25.0 Å². The quantitative estimate of drug-likeness (QED) is 0.866. The molecule has 21 heavy (non-hydrogen) atoms. The van der Waals surface area contributed by atoms with Gasteiger partial charge in [0.2, 0.25) is 5.91 Å². The number of aromatic nitrogens is 3. The highest BCUT2D eigenvalue weighted by Gasteiger charge is 2.14. The first-order valence-corrected chi connectivity index (χ1v) is 8.02. The Labute approximate surface area is 126 Å². The van der Waals surface area contributed by atoms with Gasteiger partial charge in [0.15, 0.2) is 0 Å². The van der Waals surface area contributed by atoms with Crippen molar-refractivity contribution in [2.75, 3.05) is 19.6 Å². The second-order valence-corrected chi connectivity index (χ2v) is 5.89. The van der Waals surface area contributed by atoms with Crippen molar-refractivity contribution in [2.24, 2.45) is 7.05 Å². The summed E-state index contributed by atoms with van der Waals surface area (Å²) in [4.78, 5) is 18.6. The first-order valence-electron chi connectivity index (χ1n) is 8.02. The third-order valence-electron chi connectivity index (χ3n) is 4.09. The molecular weight excluding hydrogens is 266 g/mol. The zero-order valence-electron chi connectivity index (χ0n) is 13.2. The fourth-order valence-electron chi connectivity index (χ4n) is 2.90. The zero-order valence-corrected chi connectivity index (χ0v) is 13.2. The van der Waals surface area contributed by atoms with E-state index in [9.17, 15) is 4.79 Å². The predicted octanol–water partition coefficient (Wildman–Crippen LogP) is 1.65. The van der Waals surface area contributed by atoms with Crippen molar-refractivity contribution in [1.29, 1.82) is 0 Å². The van der Waals surface area contributed by atoms with Gasteiger partial charge in [-0.1, -0.05) is 12.8 Å². The van der Waals surface area contributed by atoms with E-state index in [0.29, 0.717) is 6.42 Å². The molecule has 1 amide bonds. The minimum atomic E-state index is -0.0943. The number of rotatable bonds is 6. The molecule has 1 aromatic heterocycles. The molecule has 0 bridgehead atoms. The predicted molar refractivity (Wildman–Crippen MR) is 81.7 cm³/mol. The van der Waals surface area contributed by atoms with Gasteiger partial charge in [-0.3, -0.25) is 9.48 Å². The zero-order chi connectivity index (χ0) is 15.1. The van der Waals surface area contributed by atoms with Gasteiger partial charge < -0.3 is 10.2 Å². The lowest BCUT2D eigenvalue weighted by Crippen LogP contribution is -2.30. The lowest BCUT2D eigenvalue weighted by atomic mass is 10.2. The van der Waals surface area contributed by atoms with Crippen molar-refractivity contribution in [3.8, 4) is 0 Å². The van der Waals surface area contributed by atoms with Crippen LogP contribution in [-0.4, -0.2) is 45.2 Å². The molecule has 1 fully saturated rings. The van der Waals surface area contributed by atoms with Crippen LogP contribution in [0.3, 0.4) is 0 Å². The van der Waals surface area contributed by atoms with Crippen molar-refractivity contribution in [2.45, 2.75) is 51.5 Å². The highest BCUT2D eigenvalue weighted by atomic mass is 16.1. The van der Waals surface area contributed by atoms with E-state index in [2.05, 4.69) is 20.3 Å². The van der Waals surface area contributed by atoms with E-state index in [1.807, 2.05) is 14.0 Å². The maximum absolute atomic E-state index is 12.0. The summed E-state index contributed by atoms with van der Waals surface area (Å²) in [5, 5.41) is 7.02. The largest absolute Gasteiger partial charge is 0.346 e. The highest BCUT2D eigenvalue weighted by Crippen LogP contribution is 2.11. The Bertz CT molecular complexity index is 437. The molecular formula is C15H27N5O. The summed E-state index contributed by atoms with van der Waals surface area (Å²) in [7, 11) is 1.84. The van der Waals surface area contributed by atoms with E-state index in [4.69, 9.17) is 0 Å². The average molecular weight is 293 g/mol. The normalized spacial score (nSPS) is 18.2. The number of likely N-dealkylation sites (tertiary alicyclic amines) is 1. The standard InChI is InChI=1S/C15H27N5O/c1-13(15-16-12-17-19(15)2)18-14(21)8-7-11-20-9-5-3-4-6-10-20/h12-13H,3-11H2,1-2H3,(H,18,21)/t13-/m1/s1. The Morgan fingerprint density at radius 2 is 2.05 bits per heavy atom. The van der Waals surface area contributed by atoms with Crippen molar-refractivity contribution in [3.05, 3.63) is 12.2 Å². The molecule has 2 rings (SSSR count). The first-order chi connectivity index (χ1) is 10.2. The number of amides is 1. The third-order valence-corrected chi connectivity index (χ3v) is 4.09. The van der Waals surface area contributed by atoms with Gasteiger partial charge in [-0.05, 0) is 45.8 Å². The fourth-order valence-corrected chi connectivity index (χ4v) is 2.90. The number of hydrogen-bond acceptors (Lipinski definition) is 4. The lowest BCUT2D eigenvalue weighted by molar-refractivity contribution is -0.122. The SMILES string of the molecule is C[C@@H](NC(=O)CCCN1CCCCCC1)c1ncnn1C. The maximum Gasteiger partial charge on any atom is 0.220 e.